The Labute approximate surface area is 162 Å². The number of pyridine rings is 1. The van der Waals surface area contributed by atoms with Crippen LogP contribution in [0.3, 0.4) is 0 Å². The molecule has 0 saturated heterocycles. The summed E-state index contributed by atoms with van der Waals surface area (Å²) in [6.45, 7) is 3.96. The van der Waals surface area contributed by atoms with Crippen molar-refractivity contribution in [2.75, 3.05) is 10.6 Å². The van der Waals surface area contributed by atoms with Gasteiger partial charge in [-0.15, -0.1) is 0 Å². The summed E-state index contributed by atoms with van der Waals surface area (Å²) in [6, 6.07) is 13.4. The fourth-order valence-corrected chi connectivity index (χ4v) is 3.15. The third-order valence-electron chi connectivity index (χ3n) is 3.99. The van der Waals surface area contributed by atoms with Gasteiger partial charge in [0.1, 0.15) is 11.6 Å². The minimum Gasteiger partial charge on any atom is -0.339 e. The quantitative estimate of drug-likeness (QED) is 0.618. The first-order valence-corrected chi connectivity index (χ1v) is 8.82. The molecule has 1 aromatic heterocycles. The zero-order valence-corrected chi connectivity index (χ0v) is 15.8. The third-order valence-corrected chi connectivity index (χ3v) is 4.28. The first kappa shape index (κ1) is 18.9. The van der Waals surface area contributed by atoms with E-state index in [1.54, 1.807) is 30.5 Å². The largest absolute Gasteiger partial charge is 0.339 e. The number of halogens is 2. The molecule has 0 fully saturated rings. The van der Waals surface area contributed by atoms with E-state index in [9.17, 15) is 9.18 Å². The lowest BCUT2D eigenvalue weighted by molar-refractivity contribution is -0.115. The molecule has 1 amide bonds. The third kappa shape index (κ3) is 5.05. The molecule has 3 aromatic rings. The van der Waals surface area contributed by atoms with E-state index in [0.29, 0.717) is 22.1 Å². The van der Waals surface area contributed by atoms with Gasteiger partial charge in [-0.3, -0.25) is 4.79 Å². The zero-order chi connectivity index (χ0) is 19.4. The Kier molecular flexibility index (Phi) is 5.72. The van der Waals surface area contributed by atoms with Crippen molar-refractivity contribution in [1.82, 2.24) is 4.98 Å². The molecule has 0 spiro atoms. The first-order chi connectivity index (χ1) is 12.9. The molecule has 4 nitrogen and oxygen atoms in total. The topological polar surface area (TPSA) is 54.0 Å². The van der Waals surface area contributed by atoms with Crippen molar-refractivity contribution in [2.45, 2.75) is 20.3 Å². The summed E-state index contributed by atoms with van der Waals surface area (Å²) in [5, 5.41) is 6.58. The van der Waals surface area contributed by atoms with Crippen LogP contribution in [0.1, 0.15) is 16.7 Å². The molecule has 0 aliphatic carbocycles. The molecule has 2 N–H and O–H groups in total. The molecule has 0 saturated carbocycles. The van der Waals surface area contributed by atoms with E-state index in [1.807, 2.05) is 26.0 Å². The van der Waals surface area contributed by atoms with E-state index in [4.69, 9.17) is 11.6 Å². The van der Waals surface area contributed by atoms with E-state index in [2.05, 4.69) is 15.6 Å². The predicted molar refractivity (Wildman–Crippen MR) is 107 cm³/mol. The average molecular weight is 384 g/mol. The fourth-order valence-electron chi connectivity index (χ4n) is 2.78. The molecule has 138 valence electrons. The van der Waals surface area contributed by atoms with Crippen molar-refractivity contribution >= 4 is 34.7 Å². The van der Waals surface area contributed by atoms with Crippen LogP contribution in [0.25, 0.3) is 0 Å². The van der Waals surface area contributed by atoms with Gasteiger partial charge in [0.15, 0.2) is 0 Å². The van der Waals surface area contributed by atoms with E-state index in [0.717, 1.165) is 16.8 Å². The van der Waals surface area contributed by atoms with Crippen LogP contribution in [0.5, 0.6) is 0 Å². The Morgan fingerprint density at radius 1 is 1.15 bits per heavy atom. The van der Waals surface area contributed by atoms with Crippen LogP contribution in [0, 0.1) is 19.7 Å². The molecule has 0 aliphatic heterocycles. The van der Waals surface area contributed by atoms with Gasteiger partial charge in [-0.25, -0.2) is 9.37 Å². The Hall–Kier alpha value is -2.92. The monoisotopic (exact) mass is 383 g/mol. The summed E-state index contributed by atoms with van der Waals surface area (Å²) >= 11 is 6.30. The number of benzene rings is 2. The highest BCUT2D eigenvalue weighted by Crippen LogP contribution is 2.29. The van der Waals surface area contributed by atoms with E-state index in [-0.39, 0.29) is 18.1 Å². The summed E-state index contributed by atoms with van der Waals surface area (Å²) in [6.07, 6.45) is 1.65. The zero-order valence-electron chi connectivity index (χ0n) is 15.0. The number of nitrogens with zero attached hydrogens (tertiary/aromatic N) is 1. The average Bonchev–Trinajstić information content (AvgIpc) is 2.59. The smallest absolute Gasteiger partial charge is 0.228 e. The number of nitrogens with one attached hydrogen (secondary N) is 2. The van der Waals surface area contributed by atoms with Gasteiger partial charge in [0.2, 0.25) is 5.91 Å². The lowest BCUT2D eigenvalue weighted by Crippen LogP contribution is -2.14. The van der Waals surface area contributed by atoms with Crippen LogP contribution >= 0.6 is 11.6 Å². The second-order valence-electron chi connectivity index (χ2n) is 6.35. The number of hydrogen-bond acceptors (Lipinski definition) is 3. The van der Waals surface area contributed by atoms with Crippen molar-refractivity contribution in [3.63, 3.8) is 0 Å². The van der Waals surface area contributed by atoms with Crippen molar-refractivity contribution in [3.8, 4) is 0 Å². The molecule has 6 heteroatoms. The number of rotatable bonds is 5. The highest BCUT2D eigenvalue weighted by Gasteiger charge is 2.08. The SMILES string of the molecule is Cc1cc(C)c(Nc2ccc(NC(=O)Cc3cccc(F)c3)cn2)c(Cl)c1. The maximum atomic E-state index is 13.2. The van der Waals surface area contributed by atoms with Crippen LogP contribution < -0.4 is 10.6 Å². The van der Waals surface area contributed by atoms with Gasteiger partial charge in [-0.1, -0.05) is 29.8 Å². The minimum absolute atomic E-state index is 0.0932. The molecule has 27 heavy (non-hydrogen) atoms. The van der Waals surface area contributed by atoms with Gasteiger partial charge in [-0.05, 0) is 60.9 Å². The lowest BCUT2D eigenvalue weighted by Gasteiger charge is -2.12. The molecule has 1 heterocycles. The van der Waals surface area contributed by atoms with Crippen LogP contribution in [0.4, 0.5) is 21.6 Å². The standard InChI is InChI=1S/C21H19ClFN3O/c1-13-8-14(2)21(18(22)9-13)26-19-7-6-17(12-24-19)25-20(27)11-15-4-3-5-16(23)10-15/h3-10,12H,11H2,1-2H3,(H,24,26)(H,25,27). The molecule has 3 rings (SSSR count). The summed E-state index contributed by atoms with van der Waals surface area (Å²) < 4.78 is 13.2. The Bertz CT molecular complexity index is 950. The molecule has 0 aliphatic rings. The van der Waals surface area contributed by atoms with E-state index >= 15 is 0 Å². The van der Waals surface area contributed by atoms with Gasteiger partial charge < -0.3 is 10.6 Å². The van der Waals surface area contributed by atoms with Crippen molar-refractivity contribution in [1.29, 1.82) is 0 Å². The van der Waals surface area contributed by atoms with Crippen molar-refractivity contribution in [3.05, 3.63) is 82.3 Å². The molecule has 0 atom stereocenters. The van der Waals surface area contributed by atoms with E-state index < -0.39 is 0 Å². The van der Waals surface area contributed by atoms with Gasteiger partial charge in [0.05, 0.1) is 29.0 Å². The maximum absolute atomic E-state index is 13.2. The normalized spacial score (nSPS) is 10.5. The summed E-state index contributed by atoms with van der Waals surface area (Å²) in [4.78, 5) is 16.4. The van der Waals surface area contributed by atoms with Crippen molar-refractivity contribution < 1.29 is 9.18 Å². The molecular weight excluding hydrogens is 365 g/mol. The summed E-state index contributed by atoms with van der Waals surface area (Å²) in [7, 11) is 0. The number of anilines is 3. The lowest BCUT2D eigenvalue weighted by atomic mass is 10.1. The highest BCUT2D eigenvalue weighted by atomic mass is 35.5. The number of carbonyl (C=O) groups excluding carboxylic acids is 1. The predicted octanol–water partition coefficient (Wildman–Crippen LogP) is 5.42. The molecular formula is C21H19ClFN3O. The Balaban J connectivity index is 1.64. The first-order valence-electron chi connectivity index (χ1n) is 8.45. The number of amides is 1. The highest BCUT2D eigenvalue weighted by molar-refractivity contribution is 6.33. The molecule has 0 unspecified atom stereocenters. The maximum Gasteiger partial charge on any atom is 0.228 e. The minimum atomic E-state index is -0.359. The van der Waals surface area contributed by atoms with Gasteiger partial charge >= 0.3 is 0 Å². The molecule has 0 radical (unpaired) electrons. The second-order valence-corrected chi connectivity index (χ2v) is 6.76. The van der Waals surface area contributed by atoms with E-state index in [1.165, 1.54) is 12.1 Å². The number of aromatic nitrogens is 1. The molecule has 0 bridgehead atoms. The van der Waals surface area contributed by atoms with Crippen LogP contribution in [-0.2, 0) is 11.2 Å². The Morgan fingerprint density at radius 2 is 1.96 bits per heavy atom. The summed E-state index contributed by atoms with van der Waals surface area (Å²) in [5.74, 6) is 0.0231. The van der Waals surface area contributed by atoms with Crippen LogP contribution in [-0.4, -0.2) is 10.9 Å². The molecule has 2 aromatic carbocycles. The Morgan fingerprint density at radius 3 is 2.63 bits per heavy atom. The van der Waals surface area contributed by atoms with Gasteiger partial charge in [-0.2, -0.15) is 0 Å². The van der Waals surface area contributed by atoms with Gasteiger partial charge in [0.25, 0.3) is 0 Å². The fraction of sp³-hybridized carbons (Fsp3) is 0.143. The van der Waals surface area contributed by atoms with Crippen LogP contribution in [0.2, 0.25) is 5.02 Å². The summed E-state index contributed by atoms with van der Waals surface area (Å²) in [5.41, 5.74) is 4.09. The number of carbonyl (C=O) groups is 1. The number of aryl methyl sites for hydroxylation is 2. The van der Waals surface area contributed by atoms with Crippen LogP contribution in [0.15, 0.2) is 54.7 Å². The number of hydrogen-bond donors (Lipinski definition) is 2. The van der Waals surface area contributed by atoms with Crippen molar-refractivity contribution in [2.24, 2.45) is 0 Å². The van der Waals surface area contributed by atoms with Gasteiger partial charge in [0, 0.05) is 0 Å². The second kappa shape index (κ2) is 8.18.